The summed E-state index contributed by atoms with van der Waals surface area (Å²) in [5.74, 6) is -0.738. The molecule has 45 heavy (non-hydrogen) atoms. The third kappa shape index (κ3) is 10.4. The maximum absolute atomic E-state index is 14.8. The molecule has 0 heterocycles. The van der Waals surface area contributed by atoms with Gasteiger partial charge in [0.2, 0.25) is 5.91 Å². The number of hydrogen-bond donors (Lipinski definition) is 2. The fourth-order valence-electron chi connectivity index (χ4n) is 5.28. The van der Waals surface area contributed by atoms with Crippen molar-refractivity contribution in [2.24, 2.45) is 0 Å². The Kier molecular flexibility index (Phi) is 13.0. The van der Waals surface area contributed by atoms with E-state index in [2.05, 4.69) is 17.6 Å². The largest absolute Gasteiger partial charge is 0.444 e. The molecule has 0 bridgehead atoms. The summed E-state index contributed by atoms with van der Waals surface area (Å²) in [7, 11) is 0. The highest BCUT2D eigenvalue weighted by Gasteiger charge is 2.37. The number of ether oxygens (including phenoxy) is 1. The van der Waals surface area contributed by atoms with Crippen LogP contribution >= 0.6 is 11.6 Å². The van der Waals surface area contributed by atoms with Gasteiger partial charge in [0.1, 0.15) is 17.7 Å². The van der Waals surface area contributed by atoms with Crippen molar-refractivity contribution >= 4 is 35.2 Å². The summed E-state index contributed by atoms with van der Waals surface area (Å²) in [6.45, 7) is 13.6. The number of rotatable bonds is 13. The molecule has 8 heteroatoms. The summed E-state index contributed by atoms with van der Waals surface area (Å²) in [5, 5.41) is 6.30. The molecule has 3 amide bonds. The van der Waals surface area contributed by atoms with Crippen LogP contribution in [0.4, 0.5) is 10.5 Å². The molecular weight excluding hydrogens is 586 g/mol. The van der Waals surface area contributed by atoms with Crippen LogP contribution in [0.5, 0.6) is 0 Å². The predicted molar refractivity (Wildman–Crippen MR) is 183 cm³/mol. The van der Waals surface area contributed by atoms with E-state index in [-0.39, 0.29) is 18.2 Å². The number of benzene rings is 3. The highest BCUT2D eigenvalue weighted by Crippen LogP contribution is 2.32. The van der Waals surface area contributed by atoms with Gasteiger partial charge in [0.15, 0.2) is 0 Å². The number of halogens is 1. The molecule has 2 N–H and O–H groups in total. The molecule has 0 fully saturated rings. The number of carbonyl (C=O) groups excluding carboxylic acids is 3. The molecule has 0 radical (unpaired) electrons. The first-order chi connectivity index (χ1) is 21.3. The van der Waals surface area contributed by atoms with Crippen LogP contribution in [-0.2, 0) is 20.7 Å². The topological polar surface area (TPSA) is 87.7 Å². The van der Waals surface area contributed by atoms with Crippen molar-refractivity contribution < 1.29 is 19.1 Å². The van der Waals surface area contributed by atoms with Crippen molar-refractivity contribution in [3.8, 4) is 0 Å². The lowest BCUT2D eigenvalue weighted by Crippen LogP contribution is -2.53. The number of unbranched alkanes of at least 4 members (excludes halogenated alkanes) is 3. The first-order valence-electron chi connectivity index (χ1n) is 15.8. The Labute approximate surface area is 273 Å². The number of anilines is 1. The molecule has 0 saturated carbocycles. The first kappa shape index (κ1) is 35.6. The van der Waals surface area contributed by atoms with Gasteiger partial charge >= 0.3 is 6.09 Å². The van der Waals surface area contributed by atoms with Crippen LogP contribution in [0.25, 0.3) is 0 Å². The van der Waals surface area contributed by atoms with E-state index in [1.165, 1.54) is 0 Å². The Bertz CT molecular complexity index is 1430. The minimum Gasteiger partial charge on any atom is -0.444 e. The van der Waals surface area contributed by atoms with Gasteiger partial charge in [-0.25, -0.2) is 4.79 Å². The van der Waals surface area contributed by atoms with E-state index in [1.807, 2.05) is 81.4 Å². The van der Waals surface area contributed by atoms with E-state index in [9.17, 15) is 14.4 Å². The van der Waals surface area contributed by atoms with Gasteiger partial charge in [0.25, 0.3) is 5.91 Å². The molecule has 0 aromatic heterocycles. The van der Waals surface area contributed by atoms with E-state index >= 15 is 0 Å². The van der Waals surface area contributed by atoms with Gasteiger partial charge in [-0.05, 0) is 81.8 Å². The van der Waals surface area contributed by atoms with Crippen molar-refractivity contribution in [3.05, 3.63) is 99.6 Å². The predicted octanol–water partition coefficient (Wildman–Crippen LogP) is 8.49. The van der Waals surface area contributed by atoms with E-state index in [4.69, 9.17) is 16.3 Å². The zero-order valence-corrected chi connectivity index (χ0v) is 28.5. The number of amides is 3. The molecule has 3 aromatic carbocycles. The lowest BCUT2D eigenvalue weighted by Gasteiger charge is -2.35. The van der Waals surface area contributed by atoms with Crippen molar-refractivity contribution in [2.75, 3.05) is 11.9 Å². The van der Waals surface area contributed by atoms with Crippen LogP contribution in [0.15, 0.2) is 66.7 Å². The second-order valence-electron chi connectivity index (χ2n) is 12.6. The van der Waals surface area contributed by atoms with E-state index in [0.717, 1.165) is 47.1 Å². The molecule has 242 valence electrons. The summed E-state index contributed by atoms with van der Waals surface area (Å²) < 4.78 is 5.57. The first-order valence-corrected chi connectivity index (χ1v) is 16.2. The maximum atomic E-state index is 14.8. The minimum absolute atomic E-state index is 0.231. The van der Waals surface area contributed by atoms with Gasteiger partial charge in [0.05, 0.1) is 10.7 Å². The Morgan fingerprint density at radius 1 is 0.867 bits per heavy atom. The van der Waals surface area contributed by atoms with Crippen LogP contribution in [-0.4, -0.2) is 41.0 Å². The van der Waals surface area contributed by atoms with Crippen molar-refractivity contribution in [1.29, 1.82) is 0 Å². The fourth-order valence-corrected chi connectivity index (χ4v) is 5.55. The Morgan fingerprint density at radius 2 is 1.53 bits per heavy atom. The molecular formula is C37H48ClN3O4. The van der Waals surface area contributed by atoms with E-state index < -0.39 is 23.8 Å². The average molecular weight is 634 g/mol. The molecule has 3 rings (SSSR count). The molecule has 7 nitrogen and oxygen atoms in total. The van der Waals surface area contributed by atoms with Crippen molar-refractivity contribution in [1.82, 2.24) is 10.2 Å². The Morgan fingerprint density at radius 3 is 2.18 bits per heavy atom. The highest BCUT2D eigenvalue weighted by atomic mass is 35.5. The standard InChI is InChI=1S/C37H48ClN3O4/c1-8-9-10-14-23-41(35(43)31(24-28-19-12-11-13-20-28)39-36(44)45-37(5,6)7)33(29-21-15-17-25(2)27(29)4)34(42)40-32-26(3)18-16-22-30(32)38/h11-13,15-22,31,33H,8-10,14,23-24H2,1-7H3,(H,39,44)(H,40,42). The molecule has 0 aliphatic heterocycles. The molecule has 0 aliphatic rings. The normalized spacial score (nSPS) is 12.6. The lowest BCUT2D eigenvalue weighted by molar-refractivity contribution is -0.140. The number of hydrogen-bond acceptors (Lipinski definition) is 4. The van der Waals surface area contributed by atoms with Gasteiger partial charge in [-0.3, -0.25) is 9.59 Å². The molecule has 3 aromatic rings. The molecule has 2 atom stereocenters. The monoisotopic (exact) mass is 633 g/mol. The van der Waals surface area contributed by atoms with Crippen LogP contribution in [0.1, 0.15) is 87.2 Å². The Hall–Kier alpha value is -3.84. The number of para-hydroxylation sites is 1. The molecule has 0 spiro atoms. The lowest BCUT2D eigenvalue weighted by atomic mass is 9.94. The van der Waals surface area contributed by atoms with Crippen LogP contribution in [0.2, 0.25) is 5.02 Å². The van der Waals surface area contributed by atoms with Gasteiger partial charge in [-0.2, -0.15) is 0 Å². The summed E-state index contributed by atoms with van der Waals surface area (Å²) in [6.07, 6.45) is 3.16. The van der Waals surface area contributed by atoms with Crippen molar-refractivity contribution in [3.63, 3.8) is 0 Å². The fraction of sp³-hybridized carbons (Fsp3) is 0.432. The van der Waals surface area contributed by atoms with Gasteiger partial charge in [0, 0.05) is 13.0 Å². The number of nitrogens with zero attached hydrogens (tertiary/aromatic N) is 1. The minimum atomic E-state index is -0.978. The SMILES string of the molecule is CCCCCCN(C(=O)C(Cc1ccccc1)NC(=O)OC(C)(C)C)C(C(=O)Nc1c(C)cccc1Cl)c1cccc(C)c1C. The van der Waals surface area contributed by atoms with E-state index in [1.54, 1.807) is 31.7 Å². The second-order valence-corrected chi connectivity index (χ2v) is 13.0. The number of aryl methyl sites for hydroxylation is 2. The summed E-state index contributed by atoms with van der Waals surface area (Å²) in [4.78, 5) is 43.9. The zero-order chi connectivity index (χ0) is 33.1. The quantitative estimate of drug-likeness (QED) is 0.185. The number of alkyl carbamates (subject to hydrolysis) is 1. The third-order valence-corrected chi connectivity index (χ3v) is 8.09. The number of carbonyl (C=O) groups is 3. The number of nitrogens with one attached hydrogen (secondary N) is 2. The zero-order valence-electron chi connectivity index (χ0n) is 27.7. The molecule has 0 saturated heterocycles. The second kappa shape index (κ2) is 16.5. The van der Waals surface area contributed by atoms with Crippen LogP contribution in [0.3, 0.4) is 0 Å². The molecule has 2 unspecified atom stereocenters. The van der Waals surface area contributed by atoms with E-state index in [0.29, 0.717) is 23.7 Å². The summed E-state index contributed by atoms with van der Waals surface area (Å²) in [6, 6.07) is 18.8. The Balaban J connectivity index is 2.14. The van der Waals surface area contributed by atoms with Gasteiger partial charge in [-0.15, -0.1) is 0 Å². The van der Waals surface area contributed by atoms with Crippen molar-refractivity contribution in [2.45, 2.75) is 98.3 Å². The third-order valence-electron chi connectivity index (χ3n) is 7.78. The highest BCUT2D eigenvalue weighted by molar-refractivity contribution is 6.34. The van der Waals surface area contributed by atoms with Crippen LogP contribution < -0.4 is 10.6 Å². The summed E-state index contributed by atoms with van der Waals surface area (Å²) in [5.41, 5.74) is 4.08. The van der Waals surface area contributed by atoms with Gasteiger partial charge in [-0.1, -0.05) is 98.5 Å². The smallest absolute Gasteiger partial charge is 0.408 e. The molecule has 0 aliphatic carbocycles. The average Bonchev–Trinajstić information content (AvgIpc) is 2.97. The summed E-state index contributed by atoms with van der Waals surface area (Å²) >= 11 is 6.54. The van der Waals surface area contributed by atoms with Gasteiger partial charge < -0.3 is 20.3 Å². The maximum Gasteiger partial charge on any atom is 0.408 e. The van der Waals surface area contributed by atoms with Crippen LogP contribution in [0, 0.1) is 20.8 Å².